The molecule has 258 valence electrons. The molecule has 2 N–H and O–H groups in total. The van der Waals surface area contributed by atoms with Crippen molar-refractivity contribution in [1.29, 1.82) is 0 Å². The number of anilines is 3. The average molecular weight is 695 g/mol. The van der Waals surface area contributed by atoms with Crippen LogP contribution in [0.1, 0.15) is 12.5 Å². The van der Waals surface area contributed by atoms with Crippen LogP contribution in [-0.2, 0) is 0 Å². The van der Waals surface area contributed by atoms with Crippen LogP contribution in [0.15, 0.2) is 205 Å². The lowest BCUT2D eigenvalue weighted by atomic mass is 9.93. The molecule has 0 spiro atoms. The van der Waals surface area contributed by atoms with Crippen LogP contribution in [0.25, 0.3) is 71.7 Å². The van der Waals surface area contributed by atoms with Gasteiger partial charge >= 0.3 is 0 Å². The Balaban J connectivity index is 1.17. The van der Waals surface area contributed by atoms with Crippen molar-refractivity contribution in [2.24, 2.45) is 5.73 Å². The summed E-state index contributed by atoms with van der Waals surface area (Å²) >= 11 is 0. The third-order valence-corrected chi connectivity index (χ3v) is 10.3. The van der Waals surface area contributed by atoms with Crippen molar-refractivity contribution in [3.05, 3.63) is 206 Å². The zero-order valence-corrected chi connectivity index (χ0v) is 30.0. The lowest BCUT2D eigenvalue weighted by molar-refractivity contribution is 0.670. The molecule has 54 heavy (non-hydrogen) atoms. The molecule has 0 aliphatic carbocycles. The van der Waals surface area contributed by atoms with E-state index in [2.05, 4.69) is 193 Å². The van der Waals surface area contributed by atoms with Gasteiger partial charge in [-0.3, -0.25) is 0 Å². The summed E-state index contributed by atoms with van der Waals surface area (Å²) in [7, 11) is 0. The van der Waals surface area contributed by atoms with Gasteiger partial charge in [0, 0.05) is 33.4 Å². The maximum absolute atomic E-state index is 6.78. The molecule has 0 saturated carbocycles. The molecule has 0 saturated heterocycles. The lowest BCUT2D eigenvalue weighted by Crippen LogP contribution is -2.09. The van der Waals surface area contributed by atoms with Crippen LogP contribution in [0.2, 0.25) is 0 Å². The molecule has 1 heterocycles. The predicted octanol–water partition coefficient (Wildman–Crippen LogP) is 14.1. The first-order valence-electron chi connectivity index (χ1n) is 18.3. The Morgan fingerprint density at radius 1 is 0.519 bits per heavy atom. The van der Waals surface area contributed by atoms with Crippen LogP contribution >= 0.6 is 0 Å². The van der Waals surface area contributed by atoms with E-state index in [9.17, 15) is 0 Å². The highest BCUT2D eigenvalue weighted by Crippen LogP contribution is 2.44. The minimum absolute atomic E-state index is 0.852. The second kappa shape index (κ2) is 14.1. The van der Waals surface area contributed by atoms with E-state index in [1.54, 1.807) is 6.20 Å². The Bertz CT molecular complexity index is 2710. The van der Waals surface area contributed by atoms with Gasteiger partial charge in [-0.05, 0) is 117 Å². The van der Waals surface area contributed by atoms with E-state index in [4.69, 9.17) is 10.2 Å². The molecule has 0 fully saturated rings. The number of hydrogen-bond acceptors (Lipinski definition) is 3. The summed E-state index contributed by atoms with van der Waals surface area (Å²) in [5.41, 5.74) is 19.9. The number of furan rings is 1. The number of rotatable bonds is 8. The minimum Gasteiger partial charge on any atom is -0.455 e. The number of hydrogen-bond donors (Lipinski definition) is 1. The van der Waals surface area contributed by atoms with E-state index < -0.39 is 0 Å². The molecule has 1 aromatic heterocycles. The molecule has 0 amide bonds. The highest BCUT2D eigenvalue weighted by atomic mass is 16.3. The zero-order valence-electron chi connectivity index (χ0n) is 30.0. The van der Waals surface area contributed by atoms with Crippen LogP contribution in [0.5, 0.6) is 0 Å². The molecule has 0 atom stereocenters. The minimum atomic E-state index is 0.852. The van der Waals surface area contributed by atoms with Gasteiger partial charge in [-0.25, -0.2) is 0 Å². The normalized spacial score (nSPS) is 11.9. The third kappa shape index (κ3) is 5.92. The van der Waals surface area contributed by atoms with Gasteiger partial charge in [0.15, 0.2) is 0 Å². The fraction of sp³-hybridized carbons (Fsp3) is 0.0196. The molecule has 8 aromatic carbocycles. The van der Waals surface area contributed by atoms with Crippen LogP contribution in [0.4, 0.5) is 17.1 Å². The summed E-state index contributed by atoms with van der Waals surface area (Å²) in [6, 6.07) is 64.6. The van der Waals surface area contributed by atoms with Crippen molar-refractivity contribution in [2.75, 3.05) is 4.90 Å². The molecule has 0 bridgehead atoms. The Morgan fingerprint density at radius 2 is 1.04 bits per heavy atom. The Kier molecular flexibility index (Phi) is 8.58. The smallest absolute Gasteiger partial charge is 0.143 e. The zero-order chi connectivity index (χ0) is 36.4. The van der Waals surface area contributed by atoms with Gasteiger partial charge in [0.25, 0.3) is 0 Å². The van der Waals surface area contributed by atoms with Gasteiger partial charge in [-0.15, -0.1) is 0 Å². The molecule has 3 nitrogen and oxygen atoms in total. The summed E-state index contributed by atoms with van der Waals surface area (Å²) in [5.74, 6) is 0. The van der Waals surface area contributed by atoms with Crippen LogP contribution in [-0.4, -0.2) is 0 Å². The van der Waals surface area contributed by atoms with E-state index in [0.29, 0.717) is 0 Å². The summed E-state index contributed by atoms with van der Waals surface area (Å²) in [4.78, 5) is 2.32. The topological polar surface area (TPSA) is 42.4 Å². The summed E-state index contributed by atoms with van der Waals surface area (Å²) in [6.07, 6.45) is 5.65. The maximum Gasteiger partial charge on any atom is 0.143 e. The standard InChI is InChI=1S/C51H38N2O/c1-2-35(32-33-52)45-18-11-19-48-49(45)50-46-17-10-9-16-41(46)34-47(51(50)54-48)40-24-30-44(31-25-40)53(42-26-20-38(21-27-42)36-12-5-3-6-13-36)43-28-22-39(23-29-43)37-14-7-4-8-15-37/h2-34H,52H2,1H3/b33-32-,35-2+. The van der Waals surface area contributed by atoms with Crippen molar-refractivity contribution >= 4 is 55.3 Å². The van der Waals surface area contributed by atoms with Gasteiger partial charge in [0.1, 0.15) is 11.2 Å². The van der Waals surface area contributed by atoms with Crippen molar-refractivity contribution in [3.8, 4) is 33.4 Å². The number of allylic oxidation sites excluding steroid dienone is 3. The molecular weight excluding hydrogens is 657 g/mol. The van der Waals surface area contributed by atoms with E-state index in [-0.39, 0.29) is 0 Å². The molecular formula is C51H38N2O. The number of fused-ring (bicyclic) bond motifs is 5. The molecule has 3 heteroatoms. The predicted molar refractivity (Wildman–Crippen MR) is 229 cm³/mol. The first-order chi connectivity index (χ1) is 26.7. The van der Waals surface area contributed by atoms with Gasteiger partial charge < -0.3 is 15.1 Å². The van der Waals surface area contributed by atoms with Gasteiger partial charge in [-0.1, -0.05) is 140 Å². The third-order valence-electron chi connectivity index (χ3n) is 10.3. The molecule has 0 aliphatic rings. The van der Waals surface area contributed by atoms with Gasteiger partial charge in [0.05, 0.1) is 0 Å². The van der Waals surface area contributed by atoms with E-state index in [0.717, 1.165) is 72.0 Å². The maximum atomic E-state index is 6.78. The van der Waals surface area contributed by atoms with E-state index >= 15 is 0 Å². The van der Waals surface area contributed by atoms with Crippen LogP contribution in [0, 0.1) is 0 Å². The number of nitrogens with two attached hydrogens (primary N) is 1. The van der Waals surface area contributed by atoms with Crippen molar-refractivity contribution in [2.45, 2.75) is 6.92 Å². The van der Waals surface area contributed by atoms with Crippen molar-refractivity contribution in [3.63, 3.8) is 0 Å². The van der Waals surface area contributed by atoms with Gasteiger partial charge in [-0.2, -0.15) is 0 Å². The number of benzene rings is 8. The largest absolute Gasteiger partial charge is 0.455 e. The van der Waals surface area contributed by atoms with Crippen LogP contribution in [0.3, 0.4) is 0 Å². The monoisotopic (exact) mass is 694 g/mol. The van der Waals surface area contributed by atoms with Gasteiger partial charge in [0.2, 0.25) is 0 Å². The summed E-state index contributed by atoms with van der Waals surface area (Å²) in [5, 5.41) is 4.53. The highest BCUT2D eigenvalue weighted by molar-refractivity contribution is 6.24. The highest BCUT2D eigenvalue weighted by Gasteiger charge is 2.20. The summed E-state index contributed by atoms with van der Waals surface area (Å²) < 4.78 is 6.78. The average Bonchev–Trinajstić information content (AvgIpc) is 3.65. The second-order valence-corrected chi connectivity index (χ2v) is 13.4. The molecule has 9 aromatic rings. The first kappa shape index (κ1) is 32.8. The molecule has 0 unspecified atom stereocenters. The lowest BCUT2D eigenvalue weighted by Gasteiger charge is -2.26. The SMILES string of the molecule is C/C=C(\C=C/N)c1cccc2oc3c(-c4ccc(N(c5ccc(-c6ccccc6)cc5)c5ccc(-c6ccccc6)cc5)cc4)cc4ccccc4c3c12. The number of nitrogens with zero attached hydrogens (tertiary/aromatic N) is 1. The molecule has 0 radical (unpaired) electrons. The fourth-order valence-electron chi connectivity index (χ4n) is 7.67. The van der Waals surface area contributed by atoms with E-state index in [1.807, 2.05) is 13.0 Å². The van der Waals surface area contributed by atoms with E-state index in [1.165, 1.54) is 22.3 Å². The quantitative estimate of drug-likeness (QED) is 0.161. The van der Waals surface area contributed by atoms with Crippen LogP contribution < -0.4 is 10.6 Å². The second-order valence-electron chi connectivity index (χ2n) is 13.4. The Morgan fingerprint density at radius 3 is 1.59 bits per heavy atom. The van der Waals surface area contributed by atoms with Crippen molar-refractivity contribution in [1.82, 2.24) is 0 Å². The first-order valence-corrected chi connectivity index (χ1v) is 18.3. The van der Waals surface area contributed by atoms with Crippen molar-refractivity contribution < 1.29 is 4.42 Å². The summed E-state index contributed by atoms with van der Waals surface area (Å²) in [6.45, 7) is 2.04. The Labute approximate surface area is 315 Å². The Hall–Kier alpha value is -7.10. The molecule has 9 rings (SSSR count). The molecule has 0 aliphatic heterocycles. The fourth-order valence-corrected chi connectivity index (χ4v) is 7.67.